The molecular weight excluding hydrogens is 355 g/mol. The third kappa shape index (κ3) is 3.66. The van der Waals surface area contributed by atoms with Gasteiger partial charge >= 0.3 is 0 Å². The molecule has 0 radical (unpaired) electrons. The van der Waals surface area contributed by atoms with Gasteiger partial charge in [-0.1, -0.05) is 36.4 Å². The van der Waals surface area contributed by atoms with Crippen LogP contribution in [0, 0.1) is 5.82 Å². The number of benzene rings is 2. The van der Waals surface area contributed by atoms with Gasteiger partial charge in [-0.25, -0.2) is 9.07 Å². The van der Waals surface area contributed by atoms with Gasteiger partial charge in [0.1, 0.15) is 11.5 Å². The molecule has 5 nitrogen and oxygen atoms in total. The molecule has 0 aliphatic heterocycles. The summed E-state index contributed by atoms with van der Waals surface area (Å²) < 4.78 is 15.8. The molecule has 0 aliphatic rings. The molecule has 6 heteroatoms. The molecule has 0 fully saturated rings. The highest BCUT2D eigenvalue weighted by molar-refractivity contribution is 5.94. The third-order valence-electron chi connectivity index (χ3n) is 4.27. The molecule has 0 saturated carbocycles. The van der Waals surface area contributed by atoms with Crippen molar-refractivity contribution in [1.82, 2.24) is 20.1 Å². The first kappa shape index (κ1) is 17.6. The number of para-hydroxylation sites is 1. The SMILES string of the molecule is O=C(NCc1cccnc1)c1cc(-c2ccccc2F)nn1-c1ccccc1. The summed E-state index contributed by atoms with van der Waals surface area (Å²) in [6, 6.07) is 21.0. The Hall–Kier alpha value is -3.80. The van der Waals surface area contributed by atoms with E-state index < -0.39 is 0 Å². The average molecular weight is 372 g/mol. The average Bonchev–Trinajstić information content (AvgIpc) is 3.19. The molecule has 2 aromatic heterocycles. The number of carbonyl (C=O) groups is 1. The molecule has 2 heterocycles. The van der Waals surface area contributed by atoms with Crippen LogP contribution in [0.5, 0.6) is 0 Å². The van der Waals surface area contributed by atoms with Crippen LogP contribution in [0.4, 0.5) is 4.39 Å². The molecule has 0 saturated heterocycles. The molecule has 0 spiro atoms. The molecule has 0 atom stereocenters. The first-order chi connectivity index (χ1) is 13.7. The Balaban J connectivity index is 1.70. The maximum atomic E-state index is 14.2. The number of nitrogens with one attached hydrogen (secondary N) is 1. The lowest BCUT2D eigenvalue weighted by molar-refractivity contribution is 0.0943. The van der Waals surface area contributed by atoms with Crippen LogP contribution in [-0.2, 0) is 6.54 Å². The summed E-state index contributed by atoms with van der Waals surface area (Å²) in [6.45, 7) is 0.335. The largest absolute Gasteiger partial charge is 0.347 e. The fourth-order valence-electron chi connectivity index (χ4n) is 2.89. The Bertz CT molecular complexity index is 1090. The fraction of sp³-hybridized carbons (Fsp3) is 0.0455. The van der Waals surface area contributed by atoms with Crippen LogP contribution in [0.3, 0.4) is 0 Å². The van der Waals surface area contributed by atoms with Gasteiger partial charge in [0.15, 0.2) is 0 Å². The predicted octanol–water partition coefficient (Wildman–Crippen LogP) is 4.00. The van der Waals surface area contributed by atoms with Crippen molar-refractivity contribution in [1.29, 1.82) is 0 Å². The summed E-state index contributed by atoms with van der Waals surface area (Å²) in [5.41, 5.74) is 2.67. The van der Waals surface area contributed by atoms with Gasteiger partial charge in [-0.15, -0.1) is 0 Å². The number of hydrogen-bond donors (Lipinski definition) is 1. The van der Waals surface area contributed by atoms with Gasteiger partial charge in [0.2, 0.25) is 0 Å². The van der Waals surface area contributed by atoms with Gasteiger partial charge in [0.05, 0.1) is 11.4 Å². The lowest BCUT2D eigenvalue weighted by atomic mass is 10.1. The van der Waals surface area contributed by atoms with Crippen LogP contribution in [0.2, 0.25) is 0 Å². The molecule has 4 aromatic rings. The van der Waals surface area contributed by atoms with Gasteiger partial charge in [-0.3, -0.25) is 9.78 Å². The predicted molar refractivity (Wildman–Crippen MR) is 104 cm³/mol. The molecule has 28 heavy (non-hydrogen) atoms. The van der Waals surface area contributed by atoms with Crippen LogP contribution >= 0.6 is 0 Å². The van der Waals surface area contributed by atoms with E-state index in [2.05, 4.69) is 15.4 Å². The zero-order valence-electron chi connectivity index (χ0n) is 14.9. The lowest BCUT2D eigenvalue weighted by Crippen LogP contribution is -2.25. The smallest absolute Gasteiger partial charge is 0.270 e. The summed E-state index contributed by atoms with van der Waals surface area (Å²) in [7, 11) is 0. The maximum Gasteiger partial charge on any atom is 0.270 e. The van der Waals surface area contributed by atoms with Crippen molar-refractivity contribution < 1.29 is 9.18 Å². The van der Waals surface area contributed by atoms with Crippen LogP contribution in [-0.4, -0.2) is 20.7 Å². The Kier molecular flexibility index (Phi) is 4.93. The van der Waals surface area contributed by atoms with Crippen molar-refractivity contribution in [3.05, 3.63) is 102 Å². The number of aromatic nitrogens is 3. The van der Waals surface area contributed by atoms with E-state index in [4.69, 9.17) is 0 Å². The second kappa shape index (κ2) is 7.84. The molecule has 138 valence electrons. The summed E-state index contributed by atoms with van der Waals surface area (Å²) in [6.07, 6.45) is 3.37. The zero-order valence-corrected chi connectivity index (χ0v) is 14.9. The quantitative estimate of drug-likeness (QED) is 0.576. The highest BCUT2D eigenvalue weighted by Crippen LogP contribution is 2.24. The van der Waals surface area contributed by atoms with E-state index >= 15 is 0 Å². The lowest BCUT2D eigenvalue weighted by Gasteiger charge is -2.08. The van der Waals surface area contributed by atoms with Crippen LogP contribution < -0.4 is 5.32 Å². The summed E-state index contributed by atoms with van der Waals surface area (Å²) in [5, 5.41) is 7.36. The molecule has 1 amide bonds. The van der Waals surface area contributed by atoms with E-state index in [1.54, 1.807) is 36.7 Å². The van der Waals surface area contributed by atoms with Crippen molar-refractivity contribution in [2.45, 2.75) is 6.54 Å². The standard InChI is InChI=1S/C22H17FN4O/c23-19-11-5-4-10-18(19)20-13-21(27(26-20)17-8-2-1-3-9-17)22(28)25-15-16-7-6-12-24-14-16/h1-14H,15H2,(H,25,28). The summed E-state index contributed by atoms with van der Waals surface area (Å²) in [4.78, 5) is 16.9. The number of halogens is 1. The summed E-state index contributed by atoms with van der Waals surface area (Å²) >= 11 is 0. The third-order valence-corrected chi connectivity index (χ3v) is 4.27. The number of nitrogens with zero attached hydrogens (tertiary/aromatic N) is 3. The van der Waals surface area contributed by atoms with Crippen LogP contribution in [0.15, 0.2) is 85.2 Å². The Labute approximate surface area is 161 Å². The van der Waals surface area contributed by atoms with Crippen molar-refractivity contribution in [2.75, 3.05) is 0 Å². The molecule has 1 N–H and O–H groups in total. The normalized spacial score (nSPS) is 10.6. The number of hydrogen-bond acceptors (Lipinski definition) is 3. The highest BCUT2D eigenvalue weighted by atomic mass is 19.1. The van der Waals surface area contributed by atoms with Gasteiger partial charge in [-0.05, 0) is 42.0 Å². The number of carbonyl (C=O) groups excluding carboxylic acids is 1. The minimum Gasteiger partial charge on any atom is -0.347 e. The van der Waals surface area contributed by atoms with E-state index in [1.807, 2.05) is 42.5 Å². The minimum absolute atomic E-state index is 0.303. The Morgan fingerprint density at radius 1 is 1.00 bits per heavy atom. The molecule has 2 aromatic carbocycles. The van der Waals surface area contributed by atoms with E-state index in [1.165, 1.54) is 10.7 Å². The molecular formula is C22H17FN4O. The van der Waals surface area contributed by atoms with E-state index in [-0.39, 0.29) is 11.7 Å². The number of rotatable bonds is 5. The zero-order chi connectivity index (χ0) is 19.3. The molecule has 4 rings (SSSR count). The van der Waals surface area contributed by atoms with Gasteiger partial charge in [0.25, 0.3) is 5.91 Å². The fourth-order valence-corrected chi connectivity index (χ4v) is 2.89. The Morgan fingerprint density at radius 3 is 2.54 bits per heavy atom. The Morgan fingerprint density at radius 2 is 1.79 bits per heavy atom. The van der Waals surface area contributed by atoms with Crippen molar-refractivity contribution in [3.8, 4) is 16.9 Å². The van der Waals surface area contributed by atoms with Crippen LogP contribution in [0.1, 0.15) is 16.1 Å². The van der Waals surface area contributed by atoms with E-state index in [0.717, 1.165) is 11.3 Å². The monoisotopic (exact) mass is 372 g/mol. The maximum absolute atomic E-state index is 14.2. The van der Waals surface area contributed by atoms with Gasteiger partial charge < -0.3 is 5.32 Å². The number of pyridine rings is 1. The first-order valence-corrected chi connectivity index (χ1v) is 8.80. The van der Waals surface area contributed by atoms with Gasteiger partial charge in [0, 0.05) is 24.5 Å². The summed E-state index contributed by atoms with van der Waals surface area (Å²) in [5.74, 6) is -0.690. The van der Waals surface area contributed by atoms with Crippen molar-refractivity contribution in [2.24, 2.45) is 0 Å². The minimum atomic E-state index is -0.387. The second-order valence-electron chi connectivity index (χ2n) is 6.19. The second-order valence-corrected chi connectivity index (χ2v) is 6.19. The van der Waals surface area contributed by atoms with Gasteiger partial charge in [-0.2, -0.15) is 5.10 Å². The molecule has 0 aliphatic carbocycles. The van der Waals surface area contributed by atoms with Crippen molar-refractivity contribution >= 4 is 5.91 Å². The first-order valence-electron chi connectivity index (χ1n) is 8.80. The molecule has 0 bridgehead atoms. The topological polar surface area (TPSA) is 59.8 Å². The van der Waals surface area contributed by atoms with E-state index in [0.29, 0.717) is 23.5 Å². The van der Waals surface area contributed by atoms with Crippen molar-refractivity contribution in [3.63, 3.8) is 0 Å². The van der Waals surface area contributed by atoms with E-state index in [9.17, 15) is 9.18 Å². The highest BCUT2D eigenvalue weighted by Gasteiger charge is 2.19. The van der Waals surface area contributed by atoms with Crippen LogP contribution in [0.25, 0.3) is 16.9 Å². The number of amides is 1. The molecule has 0 unspecified atom stereocenters.